The van der Waals surface area contributed by atoms with Gasteiger partial charge in [-0.05, 0) is 26.1 Å². The maximum atomic E-state index is 12.4. The molecule has 3 heterocycles. The Balaban J connectivity index is 1.58. The van der Waals surface area contributed by atoms with Gasteiger partial charge in [-0.15, -0.1) is 0 Å². The van der Waals surface area contributed by atoms with Crippen LogP contribution in [0.15, 0.2) is 28.9 Å². The third-order valence-electron chi connectivity index (χ3n) is 4.22. The smallest absolute Gasteiger partial charge is 0.223 e. The average Bonchev–Trinajstić information content (AvgIpc) is 3.17. The summed E-state index contributed by atoms with van der Waals surface area (Å²) in [4.78, 5) is 24.1. The number of aromatic amines is 1. The van der Waals surface area contributed by atoms with Crippen LogP contribution in [-0.2, 0) is 11.2 Å². The van der Waals surface area contributed by atoms with E-state index < -0.39 is 0 Å². The number of aryl methyl sites for hydroxylation is 2. The van der Waals surface area contributed by atoms with Crippen LogP contribution in [0.1, 0.15) is 29.8 Å². The van der Waals surface area contributed by atoms with Crippen LogP contribution >= 0.6 is 0 Å². The zero-order valence-electron chi connectivity index (χ0n) is 13.1. The lowest BCUT2D eigenvalue weighted by Gasteiger charge is -2.38. The molecule has 6 heteroatoms. The quantitative estimate of drug-likeness (QED) is 0.934. The van der Waals surface area contributed by atoms with Crippen molar-refractivity contribution < 1.29 is 9.21 Å². The molecule has 118 valence electrons. The number of H-pyrrole nitrogens is 1. The highest BCUT2D eigenvalue weighted by Crippen LogP contribution is 2.21. The van der Waals surface area contributed by atoms with Crippen molar-refractivity contribution in [2.24, 2.45) is 0 Å². The summed E-state index contributed by atoms with van der Waals surface area (Å²) in [6.45, 7) is 4.22. The van der Waals surface area contributed by atoms with Gasteiger partial charge in [0.15, 0.2) is 0 Å². The second kappa shape index (κ2) is 6.36. The number of hydrogen-bond donors (Lipinski definition) is 1. The molecule has 0 saturated carbocycles. The molecule has 0 bridgehead atoms. The molecular formula is C16H22N4O2. The van der Waals surface area contributed by atoms with Crippen molar-refractivity contribution >= 4 is 5.91 Å². The number of aromatic nitrogens is 2. The summed E-state index contributed by atoms with van der Waals surface area (Å²) in [5.74, 6) is 2.86. The molecule has 0 spiro atoms. The number of likely N-dealkylation sites (N-methyl/N-ethyl adjacent to an activating group) is 1. The lowest BCUT2D eigenvalue weighted by Crippen LogP contribution is -2.49. The highest BCUT2D eigenvalue weighted by atomic mass is 16.3. The zero-order chi connectivity index (χ0) is 15.5. The molecule has 0 aliphatic carbocycles. The minimum Gasteiger partial charge on any atom is -0.466 e. The van der Waals surface area contributed by atoms with Gasteiger partial charge in [0.2, 0.25) is 5.91 Å². The Morgan fingerprint density at radius 3 is 3.00 bits per heavy atom. The second-order valence-corrected chi connectivity index (χ2v) is 5.82. The van der Waals surface area contributed by atoms with Crippen molar-refractivity contribution in [1.29, 1.82) is 0 Å². The van der Waals surface area contributed by atoms with E-state index in [1.807, 2.05) is 30.2 Å². The van der Waals surface area contributed by atoms with Crippen LogP contribution in [-0.4, -0.2) is 52.4 Å². The molecule has 1 amide bonds. The van der Waals surface area contributed by atoms with Crippen molar-refractivity contribution in [3.05, 3.63) is 41.9 Å². The van der Waals surface area contributed by atoms with E-state index in [-0.39, 0.29) is 11.9 Å². The number of furan rings is 1. The lowest BCUT2D eigenvalue weighted by atomic mass is 10.1. The minimum atomic E-state index is 0.138. The number of piperazine rings is 1. The van der Waals surface area contributed by atoms with Crippen LogP contribution < -0.4 is 0 Å². The molecule has 2 aromatic heterocycles. The zero-order valence-corrected chi connectivity index (χ0v) is 13.1. The number of amides is 1. The molecule has 2 aromatic rings. The molecule has 0 radical (unpaired) electrons. The van der Waals surface area contributed by atoms with E-state index in [9.17, 15) is 4.79 Å². The van der Waals surface area contributed by atoms with Crippen molar-refractivity contribution in [2.45, 2.75) is 25.8 Å². The van der Waals surface area contributed by atoms with Crippen molar-refractivity contribution in [2.75, 3.05) is 26.7 Å². The number of hydrogen-bond acceptors (Lipinski definition) is 4. The van der Waals surface area contributed by atoms with Crippen LogP contribution in [0.4, 0.5) is 0 Å². The number of nitrogens with zero attached hydrogens (tertiary/aromatic N) is 3. The molecule has 1 N–H and O–H groups in total. The summed E-state index contributed by atoms with van der Waals surface area (Å²) in [7, 11) is 2.07. The van der Waals surface area contributed by atoms with Gasteiger partial charge in [-0.25, -0.2) is 4.98 Å². The van der Waals surface area contributed by atoms with Gasteiger partial charge in [0.1, 0.15) is 17.3 Å². The maximum Gasteiger partial charge on any atom is 0.223 e. The third kappa shape index (κ3) is 3.22. The molecule has 0 unspecified atom stereocenters. The molecular weight excluding hydrogens is 280 g/mol. The molecule has 1 aliphatic heterocycles. The topological polar surface area (TPSA) is 65.4 Å². The van der Waals surface area contributed by atoms with E-state index in [0.29, 0.717) is 19.4 Å². The summed E-state index contributed by atoms with van der Waals surface area (Å²) < 4.78 is 5.52. The maximum absolute atomic E-state index is 12.4. The van der Waals surface area contributed by atoms with Crippen LogP contribution in [0.5, 0.6) is 0 Å². The molecule has 0 aromatic carbocycles. The summed E-state index contributed by atoms with van der Waals surface area (Å²) in [5.41, 5.74) is 0. The minimum absolute atomic E-state index is 0.138. The van der Waals surface area contributed by atoms with E-state index in [0.717, 1.165) is 30.4 Å². The number of imidazole rings is 1. The monoisotopic (exact) mass is 302 g/mol. The number of carbonyl (C=O) groups is 1. The number of nitrogens with one attached hydrogen (secondary N) is 1. The largest absolute Gasteiger partial charge is 0.466 e. The van der Waals surface area contributed by atoms with E-state index in [1.165, 1.54) is 0 Å². The van der Waals surface area contributed by atoms with E-state index in [2.05, 4.69) is 21.9 Å². The van der Waals surface area contributed by atoms with Gasteiger partial charge >= 0.3 is 0 Å². The van der Waals surface area contributed by atoms with E-state index in [1.54, 1.807) is 6.20 Å². The second-order valence-electron chi connectivity index (χ2n) is 5.82. The van der Waals surface area contributed by atoms with Crippen LogP contribution in [0.25, 0.3) is 0 Å². The Bertz CT molecular complexity index is 620. The normalized spacial score (nSPS) is 19.5. The Labute approximate surface area is 130 Å². The van der Waals surface area contributed by atoms with E-state index in [4.69, 9.17) is 4.42 Å². The molecule has 22 heavy (non-hydrogen) atoms. The first-order chi connectivity index (χ1) is 10.6. The predicted molar refractivity (Wildman–Crippen MR) is 82.3 cm³/mol. The van der Waals surface area contributed by atoms with Gasteiger partial charge in [-0.2, -0.15) is 0 Å². The Kier molecular flexibility index (Phi) is 4.29. The highest BCUT2D eigenvalue weighted by molar-refractivity contribution is 5.76. The third-order valence-corrected chi connectivity index (χ3v) is 4.22. The van der Waals surface area contributed by atoms with Crippen molar-refractivity contribution in [1.82, 2.24) is 19.8 Å². The van der Waals surface area contributed by atoms with Crippen LogP contribution in [0.3, 0.4) is 0 Å². The van der Waals surface area contributed by atoms with E-state index >= 15 is 0 Å². The first-order valence-corrected chi connectivity index (χ1v) is 7.66. The van der Waals surface area contributed by atoms with Gasteiger partial charge in [-0.1, -0.05) is 0 Å². The Hall–Kier alpha value is -2.08. The van der Waals surface area contributed by atoms with Gasteiger partial charge < -0.3 is 14.3 Å². The van der Waals surface area contributed by atoms with Gasteiger partial charge in [0.05, 0.1) is 6.04 Å². The summed E-state index contributed by atoms with van der Waals surface area (Å²) in [6, 6.07) is 4.01. The SMILES string of the molecule is Cc1ccc(CCC(=O)N2CCN(C)[C@H](c3ncc[nH]3)C2)o1. The molecule has 6 nitrogen and oxygen atoms in total. The summed E-state index contributed by atoms with van der Waals surface area (Å²) in [5, 5.41) is 0. The van der Waals surface area contributed by atoms with Crippen LogP contribution in [0.2, 0.25) is 0 Å². The highest BCUT2D eigenvalue weighted by Gasteiger charge is 2.29. The Morgan fingerprint density at radius 2 is 2.32 bits per heavy atom. The van der Waals surface area contributed by atoms with Crippen molar-refractivity contribution in [3.63, 3.8) is 0 Å². The van der Waals surface area contributed by atoms with Gasteiger partial charge in [-0.3, -0.25) is 9.69 Å². The lowest BCUT2D eigenvalue weighted by molar-refractivity contribution is -0.134. The molecule has 3 rings (SSSR count). The molecule has 1 saturated heterocycles. The first-order valence-electron chi connectivity index (χ1n) is 7.66. The predicted octanol–water partition coefficient (Wildman–Crippen LogP) is 1.76. The summed E-state index contributed by atoms with van der Waals surface area (Å²) >= 11 is 0. The van der Waals surface area contributed by atoms with Gasteiger partial charge in [0, 0.05) is 44.9 Å². The molecule has 1 fully saturated rings. The fraction of sp³-hybridized carbons (Fsp3) is 0.500. The molecule has 1 atom stereocenters. The fourth-order valence-electron chi connectivity index (χ4n) is 2.86. The van der Waals surface area contributed by atoms with Gasteiger partial charge in [0.25, 0.3) is 0 Å². The standard InChI is InChI=1S/C16H22N4O2/c1-12-3-4-13(22-12)5-6-15(21)20-10-9-19(2)14(11-20)16-17-7-8-18-16/h3-4,7-8,14H,5-6,9-11H2,1-2H3,(H,17,18)/t14-/m0/s1. The number of rotatable bonds is 4. The van der Waals surface area contributed by atoms with Crippen molar-refractivity contribution in [3.8, 4) is 0 Å². The molecule has 1 aliphatic rings. The summed E-state index contributed by atoms with van der Waals surface area (Å²) in [6.07, 6.45) is 4.72. The fourth-order valence-corrected chi connectivity index (χ4v) is 2.86. The van der Waals surface area contributed by atoms with Crippen LogP contribution in [0, 0.1) is 6.92 Å². The average molecular weight is 302 g/mol. The first kappa shape index (κ1) is 14.8. The number of carbonyl (C=O) groups excluding carboxylic acids is 1. The Morgan fingerprint density at radius 1 is 1.45 bits per heavy atom.